The van der Waals surface area contributed by atoms with E-state index in [1.807, 2.05) is 0 Å². The van der Waals surface area contributed by atoms with E-state index < -0.39 is 4.92 Å². The highest BCUT2D eigenvalue weighted by Gasteiger charge is 2.23. The summed E-state index contributed by atoms with van der Waals surface area (Å²) in [5, 5.41) is 10.9. The molecule has 1 aliphatic heterocycles. The Kier molecular flexibility index (Phi) is 6.12. The third-order valence-corrected chi connectivity index (χ3v) is 3.86. The lowest BCUT2D eigenvalue weighted by Crippen LogP contribution is -2.35. The highest BCUT2D eigenvalue weighted by atomic mass is 35.5. The Morgan fingerprint density at radius 2 is 2.43 bits per heavy atom. The van der Waals surface area contributed by atoms with Crippen molar-refractivity contribution in [3.8, 4) is 0 Å². The highest BCUT2D eigenvalue weighted by molar-refractivity contribution is 6.33. The first-order valence-electron chi connectivity index (χ1n) is 7.24. The van der Waals surface area contributed by atoms with E-state index in [0.29, 0.717) is 25.5 Å². The Labute approximate surface area is 138 Å². The van der Waals surface area contributed by atoms with Crippen molar-refractivity contribution in [1.82, 2.24) is 4.98 Å². The van der Waals surface area contributed by atoms with Gasteiger partial charge < -0.3 is 14.4 Å². The number of methoxy groups -OCH3 is 1. The molecule has 126 valence electrons. The molecule has 0 aromatic carbocycles. The highest BCUT2D eigenvalue weighted by Crippen LogP contribution is 2.28. The van der Waals surface area contributed by atoms with Crippen LogP contribution in [-0.2, 0) is 14.3 Å². The van der Waals surface area contributed by atoms with E-state index >= 15 is 0 Å². The lowest BCUT2D eigenvalue weighted by atomic mass is 10.2. The van der Waals surface area contributed by atoms with Gasteiger partial charge in [0.15, 0.2) is 0 Å². The Hall–Kier alpha value is -1.93. The Bertz CT molecular complexity index is 578. The molecular weight excluding hydrogens is 326 g/mol. The minimum atomic E-state index is -0.554. The van der Waals surface area contributed by atoms with Gasteiger partial charge in [-0.3, -0.25) is 14.9 Å². The van der Waals surface area contributed by atoms with Crippen LogP contribution in [0, 0.1) is 10.1 Å². The molecule has 2 rings (SSSR count). The van der Waals surface area contributed by atoms with Gasteiger partial charge in [-0.25, -0.2) is 4.98 Å². The summed E-state index contributed by atoms with van der Waals surface area (Å²) in [5.74, 6) is 0.0528. The number of pyridine rings is 1. The number of nitrogens with zero attached hydrogens (tertiary/aromatic N) is 3. The van der Waals surface area contributed by atoms with Gasteiger partial charge in [-0.2, -0.15) is 0 Å². The first-order valence-corrected chi connectivity index (χ1v) is 7.62. The topological polar surface area (TPSA) is 94.8 Å². The molecule has 0 saturated carbocycles. The van der Waals surface area contributed by atoms with Gasteiger partial charge in [0.05, 0.1) is 29.6 Å². The normalized spacial score (nSPS) is 17.0. The van der Waals surface area contributed by atoms with Crippen LogP contribution < -0.4 is 4.90 Å². The zero-order valence-corrected chi connectivity index (χ0v) is 13.5. The van der Waals surface area contributed by atoms with Crippen LogP contribution in [0.3, 0.4) is 0 Å². The molecule has 0 spiro atoms. The fourth-order valence-corrected chi connectivity index (χ4v) is 2.68. The smallest absolute Gasteiger partial charge is 0.307 e. The minimum Gasteiger partial charge on any atom is -0.469 e. The fraction of sp³-hybridized carbons (Fsp3) is 0.571. The quantitative estimate of drug-likeness (QED) is 0.425. The molecule has 1 atom stereocenters. The molecule has 1 unspecified atom stereocenters. The third kappa shape index (κ3) is 4.77. The summed E-state index contributed by atoms with van der Waals surface area (Å²) < 4.78 is 10.3. The van der Waals surface area contributed by atoms with Crippen LogP contribution in [0.15, 0.2) is 12.3 Å². The molecule has 23 heavy (non-hydrogen) atoms. The average Bonchev–Trinajstić information content (AvgIpc) is 3.04. The first-order chi connectivity index (χ1) is 11.0. The maximum Gasteiger partial charge on any atom is 0.307 e. The molecule has 0 aliphatic carbocycles. The zero-order valence-electron chi connectivity index (χ0n) is 12.7. The van der Waals surface area contributed by atoms with Crippen molar-refractivity contribution in [2.24, 2.45) is 0 Å². The van der Waals surface area contributed by atoms with Crippen molar-refractivity contribution in [3.05, 3.63) is 27.4 Å². The molecule has 0 N–H and O–H groups in total. The maximum atomic E-state index is 11.4. The number of esters is 1. The Morgan fingerprint density at radius 1 is 1.65 bits per heavy atom. The summed E-state index contributed by atoms with van der Waals surface area (Å²) in [4.78, 5) is 27.5. The van der Waals surface area contributed by atoms with E-state index in [1.165, 1.54) is 13.2 Å². The zero-order chi connectivity index (χ0) is 16.8. The molecule has 1 aromatic heterocycles. The van der Waals surface area contributed by atoms with Gasteiger partial charge in [0.25, 0.3) is 5.69 Å². The monoisotopic (exact) mass is 343 g/mol. The summed E-state index contributed by atoms with van der Waals surface area (Å²) in [6, 6.07) is 1.25. The molecule has 0 radical (unpaired) electrons. The SMILES string of the molecule is COC(=O)CCN(CC1CCCO1)c1ncc([N+](=O)[O-])cc1Cl. The van der Waals surface area contributed by atoms with E-state index in [0.717, 1.165) is 19.0 Å². The number of aromatic nitrogens is 1. The number of hydrogen-bond donors (Lipinski definition) is 0. The Balaban J connectivity index is 2.17. The molecule has 0 bridgehead atoms. The van der Waals surface area contributed by atoms with Crippen molar-refractivity contribution in [1.29, 1.82) is 0 Å². The number of ether oxygens (including phenoxy) is 2. The molecule has 0 amide bonds. The number of halogens is 1. The van der Waals surface area contributed by atoms with E-state index in [4.69, 9.17) is 16.3 Å². The van der Waals surface area contributed by atoms with Crippen LogP contribution in [0.2, 0.25) is 5.02 Å². The van der Waals surface area contributed by atoms with Crippen molar-refractivity contribution < 1.29 is 19.2 Å². The molecule has 9 heteroatoms. The summed E-state index contributed by atoms with van der Waals surface area (Å²) in [5.41, 5.74) is -0.177. The number of rotatable bonds is 7. The van der Waals surface area contributed by atoms with E-state index in [9.17, 15) is 14.9 Å². The molecule has 2 heterocycles. The molecule has 1 saturated heterocycles. The van der Waals surface area contributed by atoms with E-state index in [2.05, 4.69) is 9.72 Å². The largest absolute Gasteiger partial charge is 0.469 e. The van der Waals surface area contributed by atoms with Crippen LogP contribution in [0.4, 0.5) is 11.5 Å². The predicted molar refractivity (Wildman–Crippen MR) is 83.7 cm³/mol. The van der Waals surface area contributed by atoms with Crippen LogP contribution in [-0.4, -0.2) is 48.8 Å². The molecule has 1 fully saturated rings. The van der Waals surface area contributed by atoms with Crippen LogP contribution in [0.25, 0.3) is 0 Å². The second-order valence-electron chi connectivity index (χ2n) is 5.16. The van der Waals surface area contributed by atoms with Crippen molar-refractivity contribution in [3.63, 3.8) is 0 Å². The van der Waals surface area contributed by atoms with Gasteiger partial charge in [-0.1, -0.05) is 11.6 Å². The van der Waals surface area contributed by atoms with E-state index in [-0.39, 0.29) is 29.2 Å². The van der Waals surface area contributed by atoms with Gasteiger partial charge >= 0.3 is 5.97 Å². The third-order valence-electron chi connectivity index (χ3n) is 3.58. The van der Waals surface area contributed by atoms with Crippen molar-refractivity contribution in [2.75, 3.05) is 31.7 Å². The number of anilines is 1. The van der Waals surface area contributed by atoms with Crippen LogP contribution in [0.5, 0.6) is 0 Å². The lowest BCUT2D eigenvalue weighted by Gasteiger charge is -2.26. The van der Waals surface area contributed by atoms with E-state index in [1.54, 1.807) is 4.90 Å². The number of carbonyl (C=O) groups is 1. The standard InChI is InChI=1S/C14H18ClN3O5/c1-22-13(19)4-5-17(9-11-3-2-6-23-11)14-12(15)7-10(8-16-14)18(20)21/h7-8,11H,2-6,9H2,1H3. The summed E-state index contributed by atoms with van der Waals surface area (Å²) in [6.45, 7) is 1.57. The van der Waals surface area contributed by atoms with Gasteiger partial charge in [-0.05, 0) is 12.8 Å². The van der Waals surface area contributed by atoms with Gasteiger partial charge in [0.1, 0.15) is 12.0 Å². The molecule has 1 aliphatic rings. The van der Waals surface area contributed by atoms with Gasteiger partial charge in [0, 0.05) is 25.8 Å². The van der Waals surface area contributed by atoms with Crippen molar-refractivity contribution >= 4 is 29.1 Å². The number of carbonyl (C=O) groups excluding carboxylic acids is 1. The summed E-state index contributed by atoms with van der Waals surface area (Å²) in [7, 11) is 1.32. The summed E-state index contributed by atoms with van der Waals surface area (Å²) >= 11 is 6.14. The fourth-order valence-electron chi connectivity index (χ4n) is 2.40. The second-order valence-corrected chi connectivity index (χ2v) is 5.57. The van der Waals surface area contributed by atoms with Gasteiger partial charge in [-0.15, -0.1) is 0 Å². The second kappa shape index (κ2) is 8.07. The Morgan fingerprint density at radius 3 is 3.00 bits per heavy atom. The first kappa shape index (κ1) is 17.4. The number of nitro groups is 1. The number of hydrogen-bond acceptors (Lipinski definition) is 7. The minimum absolute atomic E-state index is 0.0284. The molecule has 1 aromatic rings. The average molecular weight is 344 g/mol. The maximum absolute atomic E-state index is 11.4. The summed E-state index contributed by atoms with van der Waals surface area (Å²) in [6.07, 6.45) is 3.25. The molecule has 8 nitrogen and oxygen atoms in total. The predicted octanol–water partition coefficient (Wildman–Crippen LogP) is 2.19. The van der Waals surface area contributed by atoms with Crippen LogP contribution in [0.1, 0.15) is 19.3 Å². The molecular formula is C14H18ClN3O5. The van der Waals surface area contributed by atoms with Crippen molar-refractivity contribution in [2.45, 2.75) is 25.4 Å². The van der Waals surface area contributed by atoms with Crippen LogP contribution >= 0.6 is 11.6 Å². The van der Waals surface area contributed by atoms with Gasteiger partial charge in [0.2, 0.25) is 0 Å². The lowest BCUT2D eigenvalue weighted by molar-refractivity contribution is -0.385.